The van der Waals surface area contributed by atoms with Gasteiger partial charge < -0.3 is 10.6 Å². The van der Waals surface area contributed by atoms with Crippen molar-refractivity contribution in [1.29, 1.82) is 0 Å². The molecule has 0 bridgehead atoms. The van der Waals surface area contributed by atoms with Crippen LogP contribution in [0, 0.1) is 17.6 Å². The third-order valence-electron chi connectivity index (χ3n) is 3.14. The van der Waals surface area contributed by atoms with Crippen molar-refractivity contribution in [3.8, 4) is 0 Å². The second-order valence-electron chi connectivity index (χ2n) is 5.20. The lowest BCUT2D eigenvalue weighted by Gasteiger charge is -2.29. The number of rotatable bonds is 5. The maximum Gasteiger partial charge on any atom is 0.149 e. The summed E-state index contributed by atoms with van der Waals surface area (Å²) >= 11 is 0. The summed E-state index contributed by atoms with van der Waals surface area (Å²) in [5, 5.41) is 0. The van der Waals surface area contributed by atoms with Gasteiger partial charge in [-0.1, -0.05) is 13.8 Å². The minimum Gasteiger partial charge on any atom is -0.367 e. The van der Waals surface area contributed by atoms with Gasteiger partial charge in [0, 0.05) is 19.6 Å². The Balaban J connectivity index is 3.02. The van der Waals surface area contributed by atoms with Crippen molar-refractivity contribution in [2.45, 2.75) is 39.8 Å². The zero-order valence-corrected chi connectivity index (χ0v) is 11.5. The van der Waals surface area contributed by atoms with Crippen LogP contribution in [0.25, 0.3) is 0 Å². The molecular weight excluding hydrogens is 234 g/mol. The van der Waals surface area contributed by atoms with Crippen LogP contribution in [-0.2, 0) is 6.54 Å². The monoisotopic (exact) mass is 256 g/mol. The average molecular weight is 256 g/mol. The Kier molecular flexibility index (Phi) is 5.08. The maximum atomic E-state index is 13.9. The van der Waals surface area contributed by atoms with Crippen molar-refractivity contribution >= 4 is 5.69 Å². The molecule has 0 radical (unpaired) electrons. The Morgan fingerprint density at radius 3 is 2.06 bits per heavy atom. The number of nitrogens with zero attached hydrogens (tertiary/aromatic N) is 1. The summed E-state index contributed by atoms with van der Waals surface area (Å²) in [4.78, 5) is 1.66. The van der Waals surface area contributed by atoms with Crippen LogP contribution in [0.4, 0.5) is 14.5 Å². The maximum absolute atomic E-state index is 13.9. The number of halogens is 2. The molecule has 4 heteroatoms. The second-order valence-corrected chi connectivity index (χ2v) is 5.20. The van der Waals surface area contributed by atoms with Crippen molar-refractivity contribution in [2.75, 3.05) is 11.9 Å². The molecule has 0 fully saturated rings. The van der Waals surface area contributed by atoms with Crippen molar-refractivity contribution in [2.24, 2.45) is 11.7 Å². The van der Waals surface area contributed by atoms with Crippen LogP contribution >= 0.6 is 0 Å². The zero-order valence-electron chi connectivity index (χ0n) is 11.5. The molecule has 0 saturated heterocycles. The quantitative estimate of drug-likeness (QED) is 0.876. The fourth-order valence-electron chi connectivity index (χ4n) is 2.13. The van der Waals surface area contributed by atoms with E-state index < -0.39 is 11.6 Å². The molecule has 1 atom stereocenters. The van der Waals surface area contributed by atoms with Crippen LogP contribution in [0.15, 0.2) is 12.1 Å². The number of nitrogens with two attached hydrogens (primary N) is 1. The minimum absolute atomic E-state index is 0.0281. The van der Waals surface area contributed by atoms with E-state index in [1.807, 2.05) is 6.92 Å². The van der Waals surface area contributed by atoms with E-state index >= 15 is 0 Å². The normalized spacial score (nSPS) is 12.9. The first-order valence-corrected chi connectivity index (χ1v) is 6.27. The summed E-state index contributed by atoms with van der Waals surface area (Å²) in [6.07, 6.45) is 0.883. The Hall–Kier alpha value is -1.16. The fourth-order valence-corrected chi connectivity index (χ4v) is 2.13. The van der Waals surface area contributed by atoms with Crippen molar-refractivity contribution in [3.63, 3.8) is 0 Å². The van der Waals surface area contributed by atoms with Crippen LogP contribution < -0.4 is 10.6 Å². The molecule has 1 aromatic carbocycles. The summed E-state index contributed by atoms with van der Waals surface area (Å²) in [6.45, 7) is 6.29. The zero-order chi connectivity index (χ0) is 13.9. The summed E-state index contributed by atoms with van der Waals surface area (Å²) in [5.41, 5.74) is 5.89. The average Bonchev–Trinajstić information content (AvgIpc) is 2.26. The molecule has 1 unspecified atom stereocenters. The van der Waals surface area contributed by atoms with Crippen LogP contribution in [0.5, 0.6) is 0 Å². The van der Waals surface area contributed by atoms with Gasteiger partial charge in [-0.25, -0.2) is 8.78 Å². The molecule has 0 aliphatic heterocycles. The SMILES string of the molecule is CC(C)CC(C)N(C)c1c(F)cc(CN)cc1F. The molecule has 102 valence electrons. The largest absolute Gasteiger partial charge is 0.367 e. The fraction of sp³-hybridized carbons (Fsp3) is 0.571. The van der Waals surface area contributed by atoms with Gasteiger partial charge in [0.25, 0.3) is 0 Å². The molecule has 1 rings (SSSR count). The van der Waals surface area contributed by atoms with E-state index in [1.165, 1.54) is 12.1 Å². The van der Waals surface area contributed by atoms with E-state index in [1.54, 1.807) is 11.9 Å². The molecule has 0 saturated carbocycles. The highest BCUT2D eigenvalue weighted by Gasteiger charge is 2.19. The number of anilines is 1. The summed E-state index contributed by atoms with van der Waals surface area (Å²) in [7, 11) is 1.72. The van der Waals surface area contributed by atoms with Crippen molar-refractivity contribution in [1.82, 2.24) is 0 Å². The van der Waals surface area contributed by atoms with Crippen LogP contribution in [0.3, 0.4) is 0 Å². The Morgan fingerprint density at radius 1 is 1.17 bits per heavy atom. The number of hydrogen-bond donors (Lipinski definition) is 1. The molecule has 2 N–H and O–H groups in total. The Morgan fingerprint density at radius 2 is 1.67 bits per heavy atom. The third kappa shape index (κ3) is 3.42. The second kappa shape index (κ2) is 6.14. The van der Waals surface area contributed by atoms with E-state index in [2.05, 4.69) is 13.8 Å². The lowest BCUT2D eigenvalue weighted by Crippen LogP contribution is -2.31. The first-order valence-electron chi connectivity index (χ1n) is 6.27. The van der Waals surface area contributed by atoms with Crippen LogP contribution in [-0.4, -0.2) is 13.1 Å². The third-order valence-corrected chi connectivity index (χ3v) is 3.14. The van der Waals surface area contributed by atoms with Crippen molar-refractivity contribution in [3.05, 3.63) is 29.3 Å². The molecule has 2 nitrogen and oxygen atoms in total. The van der Waals surface area contributed by atoms with Gasteiger partial charge in [-0.05, 0) is 37.0 Å². The molecule has 1 aromatic rings. The van der Waals surface area contributed by atoms with Gasteiger partial charge in [0.2, 0.25) is 0 Å². The Bertz CT molecular complexity index is 382. The minimum atomic E-state index is -0.548. The predicted octanol–water partition coefficient (Wildman–Crippen LogP) is 3.29. The molecular formula is C14H22F2N2. The van der Waals surface area contributed by atoms with E-state index in [0.29, 0.717) is 11.5 Å². The molecule has 0 amide bonds. The first kappa shape index (κ1) is 14.9. The lowest BCUT2D eigenvalue weighted by molar-refractivity contribution is 0.488. The standard InChI is InChI=1S/C14H22F2N2/c1-9(2)5-10(3)18(4)14-12(15)6-11(8-17)7-13(14)16/h6-7,9-10H,5,8,17H2,1-4H3. The smallest absolute Gasteiger partial charge is 0.149 e. The summed E-state index contributed by atoms with van der Waals surface area (Å²) in [5.74, 6) is -0.612. The van der Waals surface area contributed by atoms with E-state index in [-0.39, 0.29) is 18.3 Å². The molecule has 0 aromatic heterocycles. The topological polar surface area (TPSA) is 29.3 Å². The van der Waals surface area contributed by atoms with E-state index in [0.717, 1.165) is 6.42 Å². The van der Waals surface area contributed by atoms with Gasteiger partial charge >= 0.3 is 0 Å². The molecule has 18 heavy (non-hydrogen) atoms. The van der Waals surface area contributed by atoms with Crippen LogP contribution in [0.2, 0.25) is 0 Å². The molecule has 0 aliphatic carbocycles. The van der Waals surface area contributed by atoms with Gasteiger partial charge in [-0.2, -0.15) is 0 Å². The van der Waals surface area contributed by atoms with Gasteiger partial charge in [0.05, 0.1) is 0 Å². The first-order chi connectivity index (χ1) is 8.36. The van der Waals surface area contributed by atoms with E-state index in [4.69, 9.17) is 5.73 Å². The van der Waals surface area contributed by atoms with Crippen LogP contribution in [0.1, 0.15) is 32.8 Å². The molecule has 0 aliphatic rings. The predicted molar refractivity (Wildman–Crippen MR) is 71.6 cm³/mol. The molecule has 0 heterocycles. The number of benzene rings is 1. The highest BCUT2D eigenvalue weighted by molar-refractivity contribution is 5.50. The van der Waals surface area contributed by atoms with E-state index in [9.17, 15) is 8.78 Å². The van der Waals surface area contributed by atoms with Gasteiger partial charge in [0.15, 0.2) is 0 Å². The molecule has 0 spiro atoms. The summed E-state index contributed by atoms with van der Waals surface area (Å²) < 4.78 is 27.8. The summed E-state index contributed by atoms with van der Waals surface area (Å²) in [6, 6.07) is 2.69. The highest BCUT2D eigenvalue weighted by Crippen LogP contribution is 2.27. The van der Waals surface area contributed by atoms with Gasteiger partial charge in [-0.15, -0.1) is 0 Å². The highest BCUT2D eigenvalue weighted by atomic mass is 19.1. The van der Waals surface area contributed by atoms with Crippen molar-refractivity contribution < 1.29 is 8.78 Å². The van der Waals surface area contributed by atoms with Gasteiger partial charge in [-0.3, -0.25) is 0 Å². The van der Waals surface area contributed by atoms with Gasteiger partial charge in [0.1, 0.15) is 17.3 Å². The lowest BCUT2D eigenvalue weighted by atomic mass is 10.0. The Labute approximate surface area is 108 Å². The number of hydrogen-bond acceptors (Lipinski definition) is 2.